The van der Waals surface area contributed by atoms with Gasteiger partial charge >= 0.3 is 11.9 Å². The Kier molecular flexibility index (Phi) is 6.29. The van der Waals surface area contributed by atoms with Gasteiger partial charge in [-0.15, -0.1) is 0 Å². The van der Waals surface area contributed by atoms with Gasteiger partial charge in [0, 0.05) is 0 Å². The van der Waals surface area contributed by atoms with Gasteiger partial charge in [-0.05, 0) is 0 Å². The van der Waals surface area contributed by atoms with Gasteiger partial charge in [0.2, 0.25) is 0 Å². The quantitative estimate of drug-likeness (QED) is 0.429. The maximum Gasteiger partial charge on any atom is 0.325 e. The summed E-state index contributed by atoms with van der Waals surface area (Å²) in [7, 11) is 0. The van der Waals surface area contributed by atoms with Crippen molar-refractivity contribution in [3.8, 4) is 0 Å². The molecule has 0 saturated carbocycles. The molecule has 6 N–H and O–H groups in total. The van der Waals surface area contributed by atoms with Crippen LogP contribution in [-0.4, -0.2) is 39.6 Å². The molecule has 74 valence electrons. The standard InChI is InChI=1S/C6H7NO5.H2O/c7-5(6(11)12)3(2-8)1-4(9)10;/h5H,1,7H2,(H,9,10)(H,11,12);1H2. The van der Waals surface area contributed by atoms with Gasteiger partial charge in [-0.3, -0.25) is 9.59 Å². The van der Waals surface area contributed by atoms with Crippen LogP contribution < -0.4 is 5.73 Å². The molecule has 0 bridgehead atoms. The van der Waals surface area contributed by atoms with Crippen molar-refractivity contribution in [2.45, 2.75) is 12.5 Å². The number of rotatable bonds is 4. The lowest BCUT2D eigenvalue weighted by atomic mass is 10.1. The molecule has 13 heavy (non-hydrogen) atoms. The Labute approximate surface area is 72.8 Å². The first kappa shape index (κ1) is 13.9. The van der Waals surface area contributed by atoms with Crippen molar-refractivity contribution in [1.29, 1.82) is 0 Å². The second-order valence-corrected chi connectivity index (χ2v) is 2.01. The van der Waals surface area contributed by atoms with Gasteiger partial charge in [0.1, 0.15) is 12.0 Å². The minimum Gasteiger partial charge on any atom is -0.481 e. The van der Waals surface area contributed by atoms with Crippen molar-refractivity contribution in [3.05, 3.63) is 5.57 Å². The molecule has 0 aliphatic rings. The van der Waals surface area contributed by atoms with E-state index in [9.17, 15) is 14.4 Å². The number of carboxylic acids is 2. The minimum absolute atomic E-state index is 0. The maximum atomic E-state index is 10.2. The fourth-order valence-electron chi connectivity index (χ4n) is 0.521. The molecule has 0 radical (unpaired) electrons. The van der Waals surface area contributed by atoms with E-state index in [1.165, 1.54) is 5.94 Å². The van der Waals surface area contributed by atoms with E-state index in [0.717, 1.165) is 0 Å². The second-order valence-electron chi connectivity index (χ2n) is 2.01. The Morgan fingerprint density at radius 2 is 1.85 bits per heavy atom. The van der Waals surface area contributed by atoms with Gasteiger partial charge < -0.3 is 21.4 Å². The van der Waals surface area contributed by atoms with Crippen molar-refractivity contribution in [1.82, 2.24) is 0 Å². The van der Waals surface area contributed by atoms with Gasteiger partial charge in [0.15, 0.2) is 0 Å². The lowest BCUT2D eigenvalue weighted by Crippen LogP contribution is -2.33. The topological polar surface area (TPSA) is 149 Å². The fraction of sp³-hybridized carbons (Fsp3) is 0.333. The molecule has 1 atom stereocenters. The van der Waals surface area contributed by atoms with Gasteiger partial charge in [-0.1, -0.05) is 0 Å². The summed E-state index contributed by atoms with van der Waals surface area (Å²) in [6.45, 7) is 0. The number of carbonyl (C=O) groups is 2. The van der Waals surface area contributed by atoms with Gasteiger partial charge in [-0.2, -0.15) is 0 Å². The Morgan fingerprint density at radius 3 is 2.08 bits per heavy atom. The first-order valence-electron chi connectivity index (χ1n) is 2.93. The zero-order valence-corrected chi connectivity index (χ0v) is 6.48. The summed E-state index contributed by atoms with van der Waals surface area (Å²) < 4.78 is 0. The number of carbonyl (C=O) groups excluding carboxylic acids is 1. The molecule has 0 aliphatic carbocycles. The van der Waals surface area contributed by atoms with Crippen molar-refractivity contribution in [3.63, 3.8) is 0 Å². The highest BCUT2D eigenvalue weighted by Gasteiger charge is 2.20. The van der Waals surface area contributed by atoms with Crippen LogP contribution >= 0.6 is 0 Å². The van der Waals surface area contributed by atoms with E-state index in [-0.39, 0.29) is 5.48 Å². The Balaban J connectivity index is 0. The van der Waals surface area contributed by atoms with Crippen LogP contribution in [0, 0.1) is 0 Å². The summed E-state index contributed by atoms with van der Waals surface area (Å²) in [6.07, 6.45) is -0.697. The molecular formula is C6H9NO6. The summed E-state index contributed by atoms with van der Waals surface area (Å²) in [5.41, 5.74) is 4.48. The van der Waals surface area contributed by atoms with E-state index in [1.807, 2.05) is 0 Å². The average molecular weight is 191 g/mol. The van der Waals surface area contributed by atoms with E-state index in [0.29, 0.717) is 0 Å². The van der Waals surface area contributed by atoms with Crippen LogP contribution in [0.1, 0.15) is 6.42 Å². The van der Waals surface area contributed by atoms with Crippen molar-refractivity contribution in [2.75, 3.05) is 0 Å². The molecule has 0 amide bonds. The maximum absolute atomic E-state index is 10.2. The lowest BCUT2D eigenvalue weighted by molar-refractivity contribution is -0.138. The number of hydrogen-bond donors (Lipinski definition) is 3. The molecule has 0 heterocycles. The number of carboxylic acid groups (broad SMARTS) is 2. The lowest BCUT2D eigenvalue weighted by Gasteiger charge is -2.04. The van der Waals surface area contributed by atoms with Crippen LogP contribution in [-0.2, 0) is 14.4 Å². The molecule has 0 aromatic rings. The highest BCUT2D eigenvalue weighted by atomic mass is 16.4. The van der Waals surface area contributed by atoms with E-state index in [4.69, 9.17) is 15.9 Å². The monoisotopic (exact) mass is 191 g/mol. The predicted molar refractivity (Wildman–Crippen MR) is 40.7 cm³/mol. The van der Waals surface area contributed by atoms with Crippen LogP contribution in [0.3, 0.4) is 0 Å². The third-order valence-corrected chi connectivity index (χ3v) is 1.11. The first-order valence-corrected chi connectivity index (χ1v) is 2.93. The predicted octanol–water partition coefficient (Wildman–Crippen LogP) is -2.19. The third-order valence-electron chi connectivity index (χ3n) is 1.11. The molecular weight excluding hydrogens is 182 g/mol. The van der Waals surface area contributed by atoms with E-state index in [2.05, 4.69) is 0 Å². The SMILES string of the molecule is NC(C(=O)O)C(=C=O)CC(=O)O.O. The van der Waals surface area contributed by atoms with Crippen molar-refractivity contribution in [2.24, 2.45) is 5.73 Å². The fourth-order valence-corrected chi connectivity index (χ4v) is 0.521. The van der Waals surface area contributed by atoms with Crippen molar-refractivity contribution < 1.29 is 30.1 Å². The Hall–Kier alpha value is -1.69. The number of aliphatic carboxylic acids is 2. The van der Waals surface area contributed by atoms with Crippen LogP contribution in [0.5, 0.6) is 0 Å². The van der Waals surface area contributed by atoms with Crippen LogP contribution in [0.4, 0.5) is 0 Å². The molecule has 7 nitrogen and oxygen atoms in total. The molecule has 0 aromatic heterocycles. The smallest absolute Gasteiger partial charge is 0.325 e. The first-order chi connectivity index (χ1) is 5.49. The molecule has 0 fully saturated rings. The van der Waals surface area contributed by atoms with E-state index in [1.54, 1.807) is 0 Å². The average Bonchev–Trinajstić information content (AvgIpc) is 1.98. The molecule has 0 spiro atoms. The molecule has 0 aliphatic heterocycles. The summed E-state index contributed by atoms with van der Waals surface area (Å²) in [6, 6.07) is -1.58. The second kappa shape index (κ2) is 5.90. The number of hydrogen-bond acceptors (Lipinski definition) is 4. The summed E-state index contributed by atoms with van der Waals surface area (Å²) >= 11 is 0. The van der Waals surface area contributed by atoms with Crippen LogP contribution in [0.15, 0.2) is 5.57 Å². The van der Waals surface area contributed by atoms with Gasteiger partial charge in [0.25, 0.3) is 0 Å². The van der Waals surface area contributed by atoms with Gasteiger partial charge in [0.05, 0.1) is 12.0 Å². The van der Waals surface area contributed by atoms with E-state index >= 15 is 0 Å². The van der Waals surface area contributed by atoms with Crippen LogP contribution in [0.2, 0.25) is 0 Å². The normalized spacial score (nSPS) is 10.5. The third kappa shape index (κ3) is 4.70. The van der Waals surface area contributed by atoms with Gasteiger partial charge in [-0.25, -0.2) is 4.79 Å². The molecule has 1 unspecified atom stereocenters. The Morgan fingerprint density at radius 1 is 1.38 bits per heavy atom. The molecule has 0 rings (SSSR count). The molecule has 0 aromatic carbocycles. The van der Waals surface area contributed by atoms with Crippen molar-refractivity contribution >= 4 is 17.9 Å². The minimum atomic E-state index is -1.58. The van der Waals surface area contributed by atoms with Crippen LogP contribution in [0.25, 0.3) is 0 Å². The highest BCUT2D eigenvalue weighted by Crippen LogP contribution is 2.01. The van der Waals surface area contributed by atoms with E-state index < -0.39 is 30.0 Å². The summed E-state index contributed by atoms with van der Waals surface area (Å²) in [5.74, 6) is -1.57. The summed E-state index contributed by atoms with van der Waals surface area (Å²) in [5, 5.41) is 16.5. The molecule has 0 saturated heterocycles. The summed E-state index contributed by atoms with van der Waals surface area (Å²) in [4.78, 5) is 30.2. The number of nitrogens with two attached hydrogens (primary N) is 1. The highest BCUT2D eigenvalue weighted by molar-refractivity contribution is 5.85. The molecule has 7 heteroatoms. The Bertz CT molecular complexity index is 254. The largest absolute Gasteiger partial charge is 0.481 e. The zero-order valence-electron chi connectivity index (χ0n) is 6.48. The zero-order chi connectivity index (χ0) is 9.72.